The topological polar surface area (TPSA) is 76.8 Å². The number of carbonyl (C=O) groups is 1. The van der Waals surface area contributed by atoms with E-state index < -0.39 is 9.84 Å². The lowest BCUT2D eigenvalue weighted by Crippen LogP contribution is -2.40. The number of rotatable bonds is 5. The zero-order valence-corrected chi connectivity index (χ0v) is 18.2. The first-order valence-corrected chi connectivity index (χ1v) is 11.7. The summed E-state index contributed by atoms with van der Waals surface area (Å²) in [7, 11) is -1.56. The summed E-state index contributed by atoms with van der Waals surface area (Å²) in [5.74, 6) is 0.738. The largest absolute Gasteiger partial charge is 0.497 e. The van der Waals surface area contributed by atoms with Crippen LogP contribution in [0.2, 0.25) is 0 Å². The summed E-state index contributed by atoms with van der Waals surface area (Å²) >= 11 is 0. The maximum absolute atomic E-state index is 13.6. The SMILES string of the molecule is COc1cccc(CN(C(=O)c2oc3ccc(C)cc3c2C)C2CCS(=O)(=O)C2)c1. The first-order chi connectivity index (χ1) is 14.3. The van der Waals surface area contributed by atoms with Crippen LogP contribution < -0.4 is 4.74 Å². The van der Waals surface area contributed by atoms with Gasteiger partial charge in [-0.25, -0.2) is 8.42 Å². The molecule has 0 spiro atoms. The molecule has 1 aliphatic rings. The van der Waals surface area contributed by atoms with Crippen molar-refractivity contribution in [1.29, 1.82) is 0 Å². The van der Waals surface area contributed by atoms with E-state index in [2.05, 4.69) is 0 Å². The Bertz CT molecular complexity index is 1210. The van der Waals surface area contributed by atoms with E-state index in [9.17, 15) is 13.2 Å². The number of furan rings is 1. The van der Waals surface area contributed by atoms with E-state index in [1.54, 1.807) is 12.0 Å². The van der Waals surface area contributed by atoms with Crippen LogP contribution in [0.3, 0.4) is 0 Å². The predicted octanol–water partition coefficient (Wildman–Crippen LogP) is 3.89. The van der Waals surface area contributed by atoms with Crippen LogP contribution in [-0.4, -0.2) is 43.9 Å². The van der Waals surface area contributed by atoms with Crippen molar-refractivity contribution in [2.24, 2.45) is 0 Å². The number of sulfone groups is 1. The Hall–Kier alpha value is -2.80. The maximum Gasteiger partial charge on any atom is 0.290 e. The monoisotopic (exact) mass is 427 g/mol. The van der Waals surface area contributed by atoms with Crippen molar-refractivity contribution < 1.29 is 22.4 Å². The Balaban J connectivity index is 1.73. The number of benzene rings is 2. The molecule has 2 heterocycles. The van der Waals surface area contributed by atoms with Crippen molar-refractivity contribution in [1.82, 2.24) is 4.90 Å². The number of carbonyl (C=O) groups excluding carboxylic acids is 1. The molecule has 2 aromatic carbocycles. The molecule has 6 nitrogen and oxygen atoms in total. The number of nitrogens with zero attached hydrogens (tertiary/aromatic N) is 1. The molecule has 0 radical (unpaired) electrons. The molecule has 30 heavy (non-hydrogen) atoms. The zero-order valence-electron chi connectivity index (χ0n) is 17.3. The molecule has 0 bridgehead atoms. The summed E-state index contributed by atoms with van der Waals surface area (Å²) in [6.07, 6.45) is 0.427. The Kier molecular flexibility index (Phi) is 5.32. The highest BCUT2D eigenvalue weighted by atomic mass is 32.2. The number of methoxy groups -OCH3 is 1. The Morgan fingerprint density at radius 1 is 1.20 bits per heavy atom. The second kappa shape index (κ2) is 7.80. The van der Waals surface area contributed by atoms with Crippen molar-refractivity contribution >= 4 is 26.7 Å². The molecule has 0 saturated carbocycles. The van der Waals surface area contributed by atoms with Crippen molar-refractivity contribution in [3.8, 4) is 5.75 Å². The molecule has 1 atom stereocenters. The van der Waals surface area contributed by atoms with Crippen LogP contribution in [-0.2, 0) is 16.4 Å². The summed E-state index contributed by atoms with van der Waals surface area (Å²) < 4.78 is 35.5. The fourth-order valence-corrected chi connectivity index (χ4v) is 5.76. The third-order valence-electron chi connectivity index (χ3n) is 5.68. The highest BCUT2D eigenvalue weighted by molar-refractivity contribution is 7.91. The van der Waals surface area contributed by atoms with Gasteiger partial charge in [-0.3, -0.25) is 4.79 Å². The molecule has 1 aliphatic heterocycles. The summed E-state index contributed by atoms with van der Waals surface area (Å²) in [5, 5.41) is 0.902. The second-order valence-corrected chi connectivity index (χ2v) is 10.1. The summed E-state index contributed by atoms with van der Waals surface area (Å²) in [4.78, 5) is 15.2. The smallest absolute Gasteiger partial charge is 0.290 e. The summed E-state index contributed by atoms with van der Waals surface area (Å²) in [6.45, 7) is 4.14. The normalized spacial score (nSPS) is 17.9. The third kappa shape index (κ3) is 3.94. The van der Waals surface area contributed by atoms with E-state index in [-0.39, 0.29) is 35.8 Å². The quantitative estimate of drug-likeness (QED) is 0.617. The van der Waals surface area contributed by atoms with Crippen molar-refractivity contribution in [2.45, 2.75) is 32.9 Å². The van der Waals surface area contributed by atoms with Gasteiger partial charge in [0.05, 0.1) is 18.6 Å². The van der Waals surface area contributed by atoms with E-state index in [1.165, 1.54) is 0 Å². The minimum absolute atomic E-state index is 0.0267. The first kappa shape index (κ1) is 20.5. The lowest BCUT2D eigenvalue weighted by molar-refractivity contribution is 0.0649. The van der Waals surface area contributed by atoms with Gasteiger partial charge in [-0.2, -0.15) is 0 Å². The van der Waals surface area contributed by atoms with Crippen molar-refractivity contribution in [3.63, 3.8) is 0 Å². The molecule has 0 aliphatic carbocycles. The molecule has 158 valence electrons. The second-order valence-electron chi connectivity index (χ2n) is 7.90. The molecule has 3 aromatic rings. The van der Waals surface area contributed by atoms with Gasteiger partial charge in [0.1, 0.15) is 11.3 Å². The average molecular weight is 428 g/mol. The molecule has 0 N–H and O–H groups in total. The zero-order chi connectivity index (χ0) is 21.5. The Morgan fingerprint density at radius 2 is 2.00 bits per heavy atom. The lowest BCUT2D eigenvalue weighted by atomic mass is 10.1. The van der Waals surface area contributed by atoms with Crippen LogP contribution >= 0.6 is 0 Å². The van der Waals surface area contributed by atoms with Gasteiger partial charge < -0.3 is 14.1 Å². The molecule has 1 saturated heterocycles. The van der Waals surface area contributed by atoms with E-state index in [1.807, 2.05) is 56.3 Å². The molecule has 7 heteroatoms. The van der Waals surface area contributed by atoms with Crippen molar-refractivity contribution in [3.05, 3.63) is 64.9 Å². The van der Waals surface area contributed by atoms with Gasteiger partial charge in [0, 0.05) is 23.5 Å². The number of fused-ring (bicyclic) bond motifs is 1. The van der Waals surface area contributed by atoms with E-state index in [0.717, 1.165) is 22.1 Å². The molecule has 4 rings (SSSR count). The van der Waals surface area contributed by atoms with E-state index >= 15 is 0 Å². The first-order valence-electron chi connectivity index (χ1n) is 9.91. The molecule has 1 unspecified atom stereocenters. The van der Waals surface area contributed by atoms with Gasteiger partial charge in [0.15, 0.2) is 15.6 Å². The van der Waals surface area contributed by atoms with Gasteiger partial charge in [-0.1, -0.05) is 23.8 Å². The van der Waals surface area contributed by atoms with Crippen LogP contribution in [0.1, 0.15) is 33.7 Å². The van der Waals surface area contributed by atoms with E-state index in [0.29, 0.717) is 17.8 Å². The fraction of sp³-hybridized carbons (Fsp3) is 0.348. The summed E-state index contributed by atoms with van der Waals surface area (Å²) in [5.41, 5.74) is 3.38. The standard InChI is InChI=1S/C23H25NO5S/c1-15-7-8-21-20(11-15)16(2)22(29-21)23(25)24(18-9-10-30(26,27)14-18)13-17-5-4-6-19(12-17)28-3/h4-8,11-12,18H,9-10,13-14H2,1-3H3. The lowest BCUT2D eigenvalue weighted by Gasteiger charge is -2.28. The predicted molar refractivity (Wildman–Crippen MR) is 116 cm³/mol. The number of amides is 1. The molecule has 1 fully saturated rings. The minimum Gasteiger partial charge on any atom is -0.497 e. The number of aryl methyl sites for hydroxylation is 2. The summed E-state index contributed by atoms with van der Waals surface area (Å²) in [6, 6.07) is 12.9. The van der Waals surface area contributed by atoms with Crippen LogP contribution in [0.15, 0.2) is 46.9 Å². The van der Waals surface area contributed by atoms with Crippen LogP contribution in [0.25, 0.3) is 11.0 Å². The van der Waals surface area contributed by atoms with Gasteiger partial charge in [-0.15, -0.1) is 0 Å². The van der Waals surface area contributed by atoms with Gasteiger partial charge in [0.2, 0.25) is 0 Å². The van der Waals surface area contributed by atoms with Crippen LogP contribution in [0.4, 0.5) is 0 Å². The van der Waals surface area contributed by atoms with E-state index in [4.69, 9.17) is 9.15 Å². The number of ether oxygens (including phenoxy) is 1. The highest BCUT2D eigenvalue weighted by Crippen LogP contribution is 2.30. The van der Waals surface area contributed by atoms with Crippen LogP contribution in [0, 0.1) is 13.8 Å². The Morgan fingerprint density at radius 3 is 2.70 bits per heavy atom. The third-order valence-corrected chi connectivity index (χ3v) is 7.43. The van der Waals surface area contributed by atoms with Crippen LogP contribution in [0.5, 0.6) is 5.75 Å². The average Bonchev–Trinajstić information content (AvgIpc) is 3.25. The van der Waals surface area contributed by atoms with Crippen molar-refractivity contribution in [2.75, 3.05) is 18.6 Å². The molecule has 1 aromatic heterocycles. The molecule has 1 amide bonds. The number of hydrogen-bond donors (Lipinski definition) is 0. The molecular formula is C23H25NO5S. The minimum atomic E-state index is -3.15. The highest BCUT2D eigenvalue weighted by Gasteiger charge is 2.36. The molecular weight excluding hydrogens is 402 g/mol. The fourth-order valence-electron chi connectivity index (χ4n) is 4.02. The maximum atomic E-state index is 13.6. The number of hydrogen-bond acceptors (Lipinski definition) is 5. The Labute approximate surface area is 176 Å². The van der Waals surface area contributed by atoms with Gasteiger partial charge in [0.25, 0.3) is 5.91 Å². The van der Waals surface area contributed by atoms with Gasteiger partial charge in [-0.05, 0) is 50.1 Å². The van der Waals surface area contributed by atoms with Gasteiger partial charge >= 0.3 is 0 Å².